The van der Waals surface area contributed by atoms with Crippen LogP contribution in [0.5, 0.6) is 0 Å². The Bertz CT molecular complexity index is 348. The highest BCUT2D eigenvalue weighted by Gasteiger charge is 2.59. The van der Waals surface area contributed by atoms with Crippen LogP contribution in [0.2, 0.25) is 0 Å². The molecular weight excluding hydrogens is 234 g/mol. The molecule has 1 amide bonds. The number of amides is 1. The van der Waals surface area contributed by atoms with Crippen molar-refractivity contribution in [2.45, 2.75) is 31.9 Å². The van der Waals surface area contributed by atoms with Gasteiger partial charge in [0, 0.05) is 6.54 Å². The Morgan fingerprint density at radius 3 is 2.47 bits per heavy atom. The van der Waals surface area contributed by atoms with E-state index in [-0.39, 0.29) is 5.91 Å². The lowest BCUT2D eigenvalue weighted by atomic mass is 10.2. The molecule has 0 aromatic carbocycles. The maximum absolute atomic E-state index is 11.6. The average molecular weight is 251 g/mol. The zero-order valence-electron chi connectivity index (χ0n) is 9.32. The molecule has 15 heavy (non-hydrogen) atoms. The summed E-state index contributed by atoms with van der Waals surface area (Å²) in [6.07, 6.45) is 0.736. The van der Waals surface area contributed by atoms with Crippen LogP contribution in [0.15, 0.2) is 0 Å². The summed E-state index contributed by atoms with van der Waals surface area (Å²) < 4.78 is 23.1. The van der Waals surface area contributed by atoms with E-state index in [1.54, 1.807) is 11.8 Å². The van der Waals surface area contributed by atoms with Gasteiger partial charge in [-0.2, -0.15) is 11.8 Å². The number of carbonyl (C=O) groups is 1. The largest absolute Gasteiger partial charge is 0.272 e. The number of nitrogens with zero attached hydrogens (tertiary/aromatic N) is 1. The smallest absolute Gasteiger partial charge is 0.258 e. The first kappa shape index (κ1) is 12.8. The van der Waals surface area contributed by atoms with Crippen molar-refractivity contribution in [1.29, 1.82) is 0 Å². The fraction of sp³-hybridized carbons (Fsp3) is 0.889. The Kier molecular flexibility index (Phi) is 3.71. The zero-order valence-corrected chi connectivity index (χ0v) is 10.9. The van der Waals surface area contributed by atoms with Crippen molar-refractivity contribution in [1.82, 2.24) is 4.31 Å². The lowest BCUT2D eigenvalue weighted by molar-refractivity contribution is -0.132. The Balaban J connectivity index is 2.49. The van der Waals surface area contributed by atoms with E-state index in [1.165, 1.54) is 13.8 Å². The number of hydrogen-bond acceptors (Lipinski definition) is 4. The predicted molar refractivity (Wildman–Crippen MR) is 62.3 cm³/mol. The molecule has 0 unspecified atom stereocenters. The SMILES string of the molecule is CCSCCCN1C(=O)C(C)(C)S1(=O)=O. The maximum atomic E-state index is 11.6. The van der Waals surface area contributed by atoms with Crippen LogP contribution >= 0.6 is 11.8 Å². The predicted octanol–water partition coefficient (Wildman–Crippen LogP) is 1.08. The first-order valence-electron chi connectivity index (χ1n) is 5.00. The summed E-state index contributed by atoms with van der Waals surface area (Å²) in [6.45, 7) is 5.31. The van der Waals surface area contributed by atoms with Gasteiger partial charge in [0.05, 0.1) is 0 Å². The molecule has 0 bridgehead atoms. The van der Waals surface area contributed by atoms with Crippen LogP contribution in [0.4, 0.5) is 0 Å². The molecule has 88 valence electrons. The second-order valence-electron chi connectivity index (χ2n) is 3.94. The molecule has 0 aromatic heterocycles. The van der Waals surface area contributed by atoms with Crippen molar-refractivity contribution < 1.29 is 13.2 Å². The fourth-order valence-corrected chi connectivity index (χ4v) is 3.62. The summed E-state index contributed by atoms with van der Waals surface area (Å²) in [5.74, 6) is 1.64. The molecule has 0 saturated carbocycles. The van der Waals surface area contributed by atoms with E-state index in [2.05, 4.69) is 6.92 Å². The number of rotatable bonds is 5. The van der Waals surface area contributed by atoms with Crippen LogP contribution < -0.4 is 0 Å². The van der Waals surface area contributed by atoms with Gasteiger partial charge in [-0.15, -0.1) is 0 Å². The zero-order chi connectivity index (χ0) is 11.7. The van der Waals surface area contributed by atoms with Gasteiger partial charge in [-0.3, -0.25) is 4.79 Å². The lowest BCUT2D eigenvalue weighted by Crippen LogP contribution is -2.67. The minimum atomic E-state index is -3.36. The van der Waals surface area contributed by atoms with Crippen LogP contribution in [0.25, 0.3) is 0 Å². The molecule has 6 heteroatoms. The van der Waals surface area contributed by atoms with Gasteiger partial charge in [0.2, 0.25) is 0 Å². The molecule has 0 N–H and O–H groups in total. The van der Waals surface area contributed by atoms with Gasteiger partial charge < -0.3 is 0 Å². The fourth-order valence-electron chi connectivity index (χ4n) is 1.43. The molecule has 0 spiro atoms. The van der Waals surface area contributed by atoms with Crippen LogP contribution in [0.1, 0.15) is 27.2 Å². The van der Waals surface area contributed by atoms with E-state index in [1.807, 2.05) is 0 Å². The number of hydrogen-bond donors (Lipinski definition) is 0. The van der Waals surface area contributed by atoms with Gasteiger partial charge in [0.15, 0.2) is 4.75 Å². The first-order valence-corrected chi connectivity index (χ1v) is 7.59. The number of carbonyl (C=O) groups excluding carboxylic acids is 1. The second kappa shape index (κ2) is 4.33. The molecular formula is C9H17NO3S2. The highest BCUT2D eigenvalue weighted by Crippen LogP contribution is 2.34. The van der Waals surface area contributed by atoms with E-state index >= 15 is 0 Å². The third kappa shape index (κ3) is 2.01. The number of thioether (sulfide) groups is 1. The van der Waals surface area contributed by atoms with E-state index in [9.17, 15) is 13.2 Å². The third-order valence-corrected chi connectivity index (χ3v) is 5.91. The van der Waals surface area contributed by atoms with Crippen molar-refractivity contribution in [2.75, 3.05) is 18.1 Å². The standard InChI is InChI=1S/C9H17NO3S2/c1-4-14-7-5-6-10-8(11)9(2,3)15(10,12)13/h4-7H2,1-3H3. The Labute approximate surface area is 95.5 Å². The van der Waals surface area contributed by atoms with Crippen LogP contribution in [0, 0.1) is 0 Å². The van der Waals surface area contributed by atoms with E-state index in [0.29, 0.717) is 6.54 Å². The average Bonchev–Trinajstić information content (AvgIpc) is 2.16. The third-order valence-electron chi connectivity index (χ3n) is 2.53. The van der Waals surface area contributed by atoms with Crippen LogP contribution in [-0.4, -0.2) is 41.4 Å². The summed E-state index contributed by atoms with van der Waals surface area (Å²) >= 11 is 1.75. The van der Waals surface area contributed by atoms with Gasteiger partial charge in [-0.25, -0.2) is 12.7 Å². The molecule has 1 saturated heterocycles. The van der Waals surface area contributed by atoms with Crippen LogP contribution in [0.3, 0.4) is 0 Å². The van der Waals surface area contributed by atoms with Crippen molar-refractivity contribution in [3.05, 3.63) is 0 Å². The summed E-state index contributed by atoms with van der Waals surface area (Å²) in [4.78, 5) is 11.5. The molecule has 1 aliphatic heterocycles. The van der Waals surface area contributed by atoms with Crippen molar-refractivity contribution in [3.8, 4) is 0 Å². The molecule has 0 atom stereocenters. The summed E-state index contributed by atoms with van der Waals surface area (Å²) in [5, 5.41) is 0. The van der Waals surface area contributed by atoms with Gasteiger partial charge in [-0.05, 0) is 31.8 Å². The molecule has 4 nitrogen and oxygen atoms in total. The minimum absolute atomic E-state index is 0.274. The molecule has 0 aliphatic carbocycles. The quantitative estimate of drug-likeness (QED) is 0.686. The van der Waals surface area contributed by atoms with Gasteiger partial charge >= 0.3 is 0 Å². The van der Waals surface area contributed by atoms with Crippen molar-refractivity contribution in [2.24, 2.45) is 0 Å². The molecule has 1 fully saturated rings. The van der Waals surface area contributed by atoms with E-state index in [0.717, 1.165) is 22.2 Å². The van der Waals surface area contributed by atoms with Crippen LogP contribution in [-0.2, 0) is 14.8 Å². The normalized spacial score (nSPS) is 22.6. The van der Waals surface area contributed by atoms with Crippen molar-refractivity contribution >= 4 is 27.7 Å². The molecule has 0 radical (unpaired) electrons. The van der Waals surface area contributed by atoms with Crippen molar-refractivity contribution in [3.63, 3.8) is 0 Å². The molecule has 0 aromatic rings. The molecule has 1 heterocycles. The Morgan fingerprint density at radius 1 is 1.40 bits per heavy atom. The summed E-state index contributed by atoms with van der Waals surface area (Å²) in [6, 6.07) is 0. The van der Waals surface area contributed by atoms with E-state index < -0.39 is 14.8 Å². The summed E-state index contributed by atoms with van der Waals surface area (Å²) in [5.41, 5.74) is 0. The highest BCUT2D eigenvalue weighted by atomic mass is 32.2. The number of sulfonamides is 1. The van der Waals surface area contributed by atoms with Gasteiger partial charge in [-0.1, -0.05) is 6.92 Å². The Morgan fingerprint density at radius 2 is 2.00 bits per heavy atom. The lowest BCUT2D eigenvalue weighted by Gasteiger charge is -2.43. The maximum Gasteiger partial charge on any atom is 0.258 e. The molecule has 1 rings (SSSR count). The minimum Gasteiger partial charge on any atom is -0.272 e. The molecule has 1 aliphatic rings. The Hall–Kier alpha value is -0.230. The highest BCUT2D eigenvalue weighted by molar-refractivity contribution is 7.99. The van der Waals surface area contributed by atoms with Gasteiger partial charge in [0.1, 0.15) is 0 Å². The second-order valence-corrected chi connectivity index (χ2v) is 7.75. The van der Waals surface area contributed by atoms with E-state index in [4.69, 9.17) is 0 Å². The monoisotopic (exact) mass is 251 g/mol. The topological polar surface area (TPSA) is 54.5 Å². The first-order chi connectivity index (χ1) is 6.85. The summed E-state index contributed by atoms with van der Waals surface area (Å²) in [7, 11) is -3.36. The van der Waals surface area contributed by atoms with Gasteiger partial charge in [0.25, 0.3) is 15.9 Å².